The average molecular weight is 218 g/mol. The highest BCUT2D eigenvalue weighted by Crippen LogP contribution is 2.30. The molecule has 0 saturated carbocycles. The Hall–Kier alpha value is -1.35. The predicted molar refractivity (Wildman–Crippen MR) is 63.1 cm³/mol. The molecule has 1 aromatic heterocycles. The fourth-order valence-corrected chi connectivity index (χ4v) is 2.63. The Bertz CT molecular complexity index is 557. The molecule has 1 N–H and O–H groups in total. The molecule has 3 heteroatoms. The Balaban J connectivity index is 2.42. The van der Waals surface area contributed by atoms with E-state index in [4.69, 9.17) is 0 Å². The summed E-state index contributed by atoms with van der Waals surface area (Å²) in [5, 5.41) is 4.39. The van der Waals surface area contributed by atoms with Gasteiger partial charge < -0.3 is 9.88 Å². The van der Waals surface area contributed by atoms with Crippen molar-refractivity contribution in [3.8, 4) is 0 Å². The Morgan fingerprint density at radius 3 is 3.06 bits per heavy atom. The van der Waals surface area contributed by atoms with Crippen LogP contribution in [0.3, 0.4) is 0 Å². The van der Waals surface area contributed by atoms with Crippen LogP contribution < -0.4 is 5.32 Å². The molecule has 84 valence electrons. The first kappa shape index (κ1) is 9.85. The summed E-state index contributed by atoms with van der Waals surface area (Å²) >= 11 is 0. The molecule has 16 heavy (non-hydrogen) atoms. The summed E-state index contributed by atoms with van der Waals surface area (Å²) in [6.07, 6.45) is 0. The van der Waals surface area contributed by atoms with Crippen LogP contribution in [0.5, 0.6) is 0 Å². The number of nitrogens with zero attached hydrogens (tertiary/aromatic N) is 1. The smallest absolute Gasteiger partial charge is 0.147 e. The van der Waals surface area contributed by atoms with E-state index >= 15 is 0 Å². The summed E-state index contributed by atoms with van der Waals surface area (Å²) in [4.78, 5) is 0. The molecule has 0 bridgehead atoms. The fourth-order valence-electron chi connectivity index (χ4n) is 2.63. The number of benzene rings is 1. The van der Waals surface area contributed by atoms with E-state index in [-0.39, 0.29) is 5.82 Å². The zero-order valence-electron chi connectivity index (χ0n) is 9.55. The maximum Gasteiger partial charge on any atom is 0.147 e. The van der Waals surface area contributed by atoms with Gasteiger partial charge in [-0.05, 0) is 31.5 Å². The first-order valence-electron chi connectivity index (χ1n) is 5.68. The molecule has 0 fully saturated rings. The lowest BCUT2D eigenvalue weighted by Gasteiger charge is -2.24. The number of hydrogen-bond donors (Lipinski definition) is 1. The lowest BCUT2D eigenvalue weighted by molar-refractivity contribution is 0.435. The molecule has 0 saturated heterocycles. The minimum Gasteiger partial charge on any atom is -0.337 e. The number of nitrogens with one attached hydrogen (secondary N) is 1. The molecule has 2 nitrogen and oxygen atoms in total. The van der Waals surface area contributed by atoms with Crippen molar-refractivity contribution in [3.05, 3.63) is 35.3 Å². The Morgan fingerprint density at radius 2 is 2.25 bits per heavy atom. The first-order chi connectivity index (χ1) is 7.68. The van der Waals surface area contributed by atoms with Crippen LogP contribution in [0.15, 0.2) is 18.2 Å². The summed E-state index contributed by atoms with van der Waals surface area (Å²) in [6, 6.07) is 5.84. The standard InChI is InChI=1S/C13H15FN2/c1-8-3-4-12(14)13-11(8)5-10-7-15-6-9(2)16(10)13/h3-5,9,15H,6-7H2,1-2H3. The third-order valence-electron chi connectivity index (χ3n) is 3.43. The zero-order valence-corrected chi connectivity index (χ0v) is 9.55. The normalized spacial score (nSPS) is 20.1. The Kier molecular flexibility index (Phi) is 2.04. The van der Waals surface area contributed by atoms with Crippen LogP contribution in [0.1, 0.15) is 24.2 Å². The monoisotopic (exact) mass is 218 g/mol. The molecule has 1 unspecified atom stereocenters. The van der Waals surface area contributed by atoms with Gasteiger partial charge in [-0.25, -0.2) is 4.39 Å². The Morgan fingerprint density at radius 1 is 1.44 bits per heavy atom. The van der Waals surface area contributed by atoms with Crippen molar-refractivity contribution in [2.45, 2.75) is 26.4 Å². The number of aromatic nitrogens is 1. The number of halogens is 1. The molecule has 0 aliphatic carbocycles. The van der Waals surface area contributed by atoms with Gasteiger partial charge in [0.25, 0.3) is 0 Å². The van der Waals surface area contributed by atoms with Crippen molar-refractivity contribution in [2.24, 2.45) is 0 Å². The molecule has 0 amide bonds. The molecule has 1 aliphatic heterocycles. The second kappa shape index (κ2) is 3.32. The van der Waals surface area contributed by atoms with Crippen molar-refractivity contribution >= 4 is 10.9 Å². The van der Waals surface area contributed by atoms with Gasteiger partial charge >= 0.3 is 0 Å². The molecule has 3 rings (SSSR count). The van der Waals surface area contributed by atoms with Gasteiger partial charge in [0, 0.05) is 30.2 Å². The molecule has 0 spiro atoms. The molecule has 2 aromatic rings. The second-order valence-corrected chi connectivity index (χ2v) is 4.61. The van der Waals surface area contributed by atoms with Crippen LogP contribution in [0.25, 0.3) is 10.9 Å². The van der Waals surface area contributed by atoms with E-state index in [1.165, 1.54) is 5.69 Å². The SMILES string of the molecule is Cc1ccc(F)c2c1cc1n2C(C)CNC1. The number of aryl methyl sites for hydroxylation is 1. The molecule has 1 aliphatic rings. The molecular weight excluding hydrogens is 203 g/mol. The lowest BCUT2D eigenvalue weighted by Crippen LogP contribution is -2.31. The van der Waals surface area contributed by atoms with E-state index in [0.717, 1.165) is 29.6 Å². The summed E-state index contributed by atoms with van der Waals surface area (Å²) in [5.41, 5.74) is 3.09. The highest BCUT2D eigenvalue weighted by Gasteiger charge is 2.20. The van der Waals surface area contributed by atoms with E-state index in [1.54, 1.807) is 6.07 Å². The molecule has 1 aromatic carbocycles. The van der Waals surface area contributed by atoms with Gasteiger partial charge in [-0.15, -0.1) is 0 Å². The third kappa shape index (κ3) is 1.21. The number of hydrogen-bond acceptors (Lipinski definition) is 1. The van der Waals surface area contributed by atoms with Crippen LogP contribution in [0, 0.1) is 12.7 Å². The van der Waals surface area contributed by atoms with Crippen molar-refractivity contribution in [1.29, 1.82) is 0 Å². The first-order valence-corrected chi connectivity index (χ1v) is 5.68. The fraction of sp³-hybridized carbons (Fsp3) is 0.385. The molecule has 2 heterocycles. The van der Waals surface area contributed by atoms with Crippen LogP contribution in [-0.2, 0) is 6.54 Å². The van der Waals surface area contributed by atoms with E-state index in [9.17, 15) is 4.39 Å². The van der Waals surface area contributed by atoms with Gasteiger partial charge in [0.1, 0.15) is 5.82 Å². The maximum absolute atomic E-state index is 13.9. The largest absolute Gasteiger partial charge is 0.337 e. The van der Waals surface area contributed by atoms with Crippen LogP contribution in [0.4, 0.5) is 4.39 Å². The lowest BCUT2D eigenvalue weighted by atomic mass is 10.1. The summed E-state index contributed by atoms with van der Waals surface area (Å²) in [6.45, 7) is 5.89. The van der Waals surface area contributed by atoms with Gasteiger partial charge in [-0.1, -0.05) is 6.07 Å². The average Bonchev–Trinajstić information content (AvgIpc) is 2.65. The summed E-state index contributed by atoms with van der Waals surface area (Å²) in [7, 11) is 0. The second-order valence-electron chi connectivity index (χ2n) is 4.61. The number of rotatable bonds is 0. The van der Waals surface area contributed by atoms with Crippen molar-refractivity contribution in [1.82, 2.24) is 9.88 Å². The number of fused-ring (bicyclic) bond motifs is 3. The van der Waals surface area contributed by atoms with E-state index in [2.05, 4.69) is 22.9 Å². The highest BCUT2D eigenvalue weighted by atomic mass is 19.1. The summed E-state index contributed by atoms with van der Waals surface area (Å²) in [5.74, 6) is -0.111. The predicted octanol–water partition coefficient (Wildman–Crippen LogP) is 2.75. The van der Waals surface area contributed by atoms with Crippen LogP contribution in [0.2, 0.25) is 0 Å². The summed E-state index contributed by atoms with van der Waals surface area (Å²) < 4.78 is 16.1. The van der Waals surface area contributed by atoms with Gasteiger partial charge in [-0.2, -0.15) is 0 Å². The van der Waals surface area contributed by atoms with Gasteiger partial charge in [0.05, 0.1) is 5.52 Å². The van der Waals surface area contributed by atoms with Crippen molar-refractivity contribution in [2.75, 3.05) is 6.54 Å². The minimum atomic E-state index is -0.111. The molecular formula is C13H15FN2. The van der Waals surface area contributed by atoms with E-state index < -0.39 is 0 Å². The zero-order chi connectivity index (χ0) is 11.3. The third-order valence-corrected chi connectivity index (χ3v) is 3.43. The van der Waals surface area contributed by atoms with E-state index in [1.807, 2.05) is 13.0 Å². The molecule has 0 radical (unpaired) electrons. The maximum atomic E-state index is 13.9. The van der Waals surface area contributed by atoms with Crippen LogP contribution >= 0.6 is 0 Å². The van der Waals surface area contributed by atoms with Crippen LogP contribution in [-0.4, -0.2) is 11.1 Å². The highest BCUT2D eigenvalue weighted by molar-refractivity contribution is 5.85. The van der Waals surface area contributed by atoms with Gasteiger partial charge in [-0.3, -0.25) is 0 Å². The Labute approximate surface area is 94.1 Å². The van der Waals surface area contributed by atoms with Gasteiger partial charge in [0.15, 0.2) is 0 Å². The quantitative estimate of drug-likeness (QED) is 0.719. The van der Waals surface area contributed by atoms with Gasteiger partial charge in [0.2, 0.25) is 0 Å². The van der Waals surface area contributed by atoms with Crippen molar-refractivity contribution < 1.29 is 4.39 Å². The molecule has 1 atom stereocenters. The minimum absolute atomic E-state index is 0.111. The van der Waals surface area contributed by atoms with E-state index in [0.29, 0.717) is 6.04 Å². The topological polar surface area (TPSA) is 17.0 Å². The van der Waals surface area contributed by atoms with Crippen molar-refractivity contribution in [3.63, 3.8) is 0 Å².